The Hall–Kier alpha value is -1.36. The van der Waals surface area contributed by atoms with Crippen molar-refractivity contribution < 1.29 is 4.79 Å². The van der Waals surface area contributed by atoms with Crippen LogP contribution in [0.5, 0.6) is 0 Å². The smallest absolute Gasteiger partial charge is 0.226 e. The van der Waals surface area contributed by atoms with E-state index in [9.17, 15) is 4.79 Å². The SMILES string of the molecule is CC(C)N1CCC(C(=O)N2CCCC[C@H]2CCn2cccn2)CC1. The van der Waals surface area contributed by atoms with E-state index in [1.54, 1.807) is 0 Å². The lowest BCUT2D eigenvalue weighted by molar-refractivity contribution is -0.141. The second-order valence-corrected chi connectivity index (χ2v) is 7.64. The van der Waals surface area contributed by atoms with Crippen LogP contribution in [0.15, 0.2) is 18.5 Å². The second kappa shape index (κ2) is 8.15. The van der Waals surface area contributed by atoms with Gasteiger partial charge in [0.25, 0.3) is 0 Å². The Morgan fingerprint density at radius 3 is 2.62 bits per heavy atom. The summed E-state index contributed by atoms with van der Waals surface area (Å²) in [6, 6.07) is 2.96. The Kier molecular flexibility index (Phi) is 5.93. The lowest BCUT2D eigenvalue weighted by atomic mass is 9.91. The zero-order valence-electron chi connectivity index (χ0n) is 15.2. The lowest BCUT2D eigenvalue weighted by Crippen LogP contribution is -2.49. The summed E-state index contributed by atoms with van der Waals surface area (Å²) in [7, 11) is 0. The first-order valence-electron chi connectivity index (χ1n) is 9.67. The first-order chi connectivity index (χ1) is 11.6. The van der Waals surface area contributed by atoms with Gasteiger partial charge in [0, 0.05) is 43.5 Å². The van der Waals surface area contributed by atoms with Gasteiger partial charge in [0.15, 0.2) is 0 Å². The standard InChI is InChI=1S/C19H32N4O/c1-16(2)21-13-7-17(8-14-21)19(24)23-12-4-3-6-18(23)9-15-22-11-5-10-20-22/h5,10-11,16-18H,3-4,6-9,12-15H2,1-2H3/t18-/m0/s1. The van der Waals surface area contributed by atoms with Gasteiger partial charge in [0.1, 0.15) is 0 Å². The Morgan fingerprint density at radius 1 is 1.17 bits per heavy atom. The van der Waals surface area contributed by atoms with Crippen molar-refractivity contribution in [1.29, 1.82) is 0 Å². The number of carbonyl (C=O) groups excluding carboxylic acids is 1. The second-order valence-electron chi connectivity index (χ2n) is 7.64. The van der Waals surface area contributed by atoms with E-state index in [4.69, 9.17) is 0 Å². The van der Waals surface area contributed by atoms with Crippen LogP contribution in [0, 0.1) is 5.92 Å². The average molecular weight is 332 g/mol. The summed E-state index contributed by atoms with van der Waals surface area (Å²) in [5.74, 6) is 0.661. The molecule has 0 aliphatic carbocycles. The third-order valence-electron chi connectivity index (χ3n) is 5.77. The van der Waals surface area contributed by atoms with Crippen molar-refractivity contribution in [3.8, 4) is 0 Å². The molecule has 0 aromatic carbocycles. The number of aromatic nitrogens is 2. The van der Waals surface area contributed by atoms with Gasteiger partial charge < -0.3 is 9.80 Å². The summed E-state index contributed by atoms with van der Waals surface area (Å²) in [4.78, 5) is 17.8. The molecule has 5 heteroatoms. The molecule has 3 rings (SSSR count). The number of hydrogen-bond acceptors (Lipinski definition) is 3. The molecule has 2 aliphatic heterocycles. The number of rotatable bonds is 5. The molecule has 2 fully saturated rings. The maximum Gasteiger partial charge on any atom is 0.226 e. The molecule has 1 atom stereocenters. The summed E-state index contributed by atoms with van der Waals surface area (Å²) in [5.41, 5.74) is 0. The minimum atomic E-state index is 0.241. The maximum atomic E-state index is 13.1. The summed E-state index contributed by atoms with van der Waals surface area (Å²) in [6.07, 6.45) is 10.5. The molecule has 134 valence electrons. The molecule has 0 N–H and O–H groups in total. The highest BCUT2D eigenvalue weighted by atomic mass is 16.2. The Balaban J connectivity index is 1.55. The fraction of sp³-hybridized carbons (Fsp3) is 0.789. The van der Waals surface area contributed by atoms with Crippen LogP contribution in [0.25, 0.3) is 0 Å². The fourth-order valence-electron chi connectivity index (χ4n) is 4.20. The predicted octanol–water partition coefficient (Wildman–Crippen LogP) is 2.77. The van der Waals surface area contributed by atoms with Crippen LogP contribution in [-0.2, 0) is 11.3 Å². The number of likely N-dealkylation sites (tertiary alicyclic amines) is 2. The van der Waals surface area contributed by atoms with Gasteiger partial charge in [-0.2, -0.15) is 5.10 Å². The molecule has 3 heterocycles. The van der Waals surface area contributed by atoms with Crippen LogP contribution >= 0.6 is 0 Å². The molecule has 0 radical (unpaired) electrons. The number of piperidine rings is 2. The number of aryl methyl sites for hydroxylation is 1. The van der Waals surface area contributed by atoms with Gasteiger partial charge >= 0.3 is 0 Å². The van der Waals surface area contributed by atoms with Gasteiger partial charge in [-0.05, 0) is 71.5 Å². The first kappa shape index (κ1) is 17.5. The molecule has 5 nitrogen and oxygen atoms in total. The van der Waals surface area contributed by atoms with E-state index < -0.39 is 0 Å². The van der Waals surface area contributed by atoms with Crippen molar-refractivity contribution in [2.24, 2.45) is 5.92 Å². The minimum absolute atomic E-state index is 0.241. The van der Waals surface area contributed by atoms with E-state index in [-0.39, 0.29) is 5.92 Å². The molecule has 0 saturated carbocycles. The maximum absolute atomic E-state index is 13.1. The van der Waals surface area contributed by atoms with E-state index in [0.717, 1.165) is 58.3 Å². The Bertz CT molecular complexity index is 505. The zero-order chi connectivity index (χ0) is 16.9. The van der Waals surface area contributed by atoms with Crippen molar-refractivity contribution in [3.63, 3.8) is 0 Å². The number of amides is 1. The first-order valence-corrected chi connectivity index (χ1v) is 9.67. The molecular formula is C19H32N4O. The highest BCUT2D eigenvalue weighted by Crippen LogP contribution is 2.27. The van der Waals surface area contributed by atoms with E-state index in [1.165, 1.54) is 6.42 Å². The predicted molar refractivity (Wildman–Crippen MR) is 95.6 cm³/mol. The van der Waals surface area contributed by atoms with E-state index in [0.29, 0.717) is 18.0 Å². The minimum Gasteiger partial charge on any atom is -0.339 e. The van der Waals surface area contributed by atoms with Crippen molar-refractivity contribution in [2.75, 3.05) is 19.6 Å². The van der Waals surface area contributed by atoms with Crippen LogP contribution in [0.2, 0.25) is 0 Å². The van der Waals surface area contributed by atoms with Crippen LogP contribution in [0.3, 0.4) is 0 Å². The molecule has 2 saturated heterocycles. The summed E-state index contributed by atoms with van der Waals surface area (Å²) in [5, 5.41) is 4.29. The third-order valence-corrected chi connectivity index (χ3v) is 5.77. The molecular weight excluding hydrogens is 300 g/mol. The van der Waals surface area contributed by atoms with E-state index >= 15 is 0 Å². The molecule has 1 amide bonds. The van der Waals surface area contributed by atoms with Gasteiger partial charge in [-0.15, -0.1) is 0 Å². The lowest BCUT2D eigenvalue weighted by Gasteiger charge is -2.40. The third kappa shape index (κ3) is 4.18. The molecule has 2 aliphatic rings. The van der Waals surface area contributed by atoms with Crippen molar-refractivity contribution in [3.05, 3.63) is 18.5 Å². The van der Waals surface area contributed by atoms with Gasteiger partial charge in [0.05, 0.1) is 0 Å². The zero-order valence-corrected chi connectivity index (χ0v) is 15.2. The monoisotopic (exact) mass is 332 g/mol. The van der Waals surface area contributed by atoms with Gasteiger partial charge in [0.2, 0.25) is 5.91 Å². The Morgan fingerprint density at radius 2 is 1.96 bits per heavy atom. The molecule has 1 aromatic rings. The van der Waals surface area contributed by atoms with Gasteiger partial charge in [-0.3, -0.25) is 9.48 Å². The highest BCUT2D eigenvalue weighted by Gasteiger charge is 2.33. The topological polar surface area (TPSA) is 41.4 Å². The molecule has 24 heavy (non-hydrogen) atoms. The molecule has 1 aromatic heterocycles. The van der Waals surface area contributed by atoms with Crippen LogP contribution in [-0.4, -0.2) is 57.2 Å². The molecule has 0 bridgehead atoms. The summed E-state index contributed by atoms with van der Waals surface area (Å²) < 4.78 is 1.98. The molecule has 0 spiro atoms. The molecule has 0 unspecified atom stereocenters. The quantitative estimate of drug-likeness (QED) is 0.832. The van der Waals surface area contributed by atoms with Crippen molar-refractivity contribution >= 4 is 5.91 Å². The van der Waals surface area contributed by atoms with Crippen molar-refractivity contribution in [1.82, 2.24) is 19.6 Å². The average Bonchev–Trinajstić information content (AvgIpc) is 3.13. The Labute approximate surface area is 146 Å². The normalized spacial score (nSPS) is 23.8. The summed E-state index contributed by atoms with van der Waals surface area (Å²) in [6.45, 7) is 8.50. The van der Waals surface area contributed by atoms with Crippen LogP contribution in [0.4, 0.5) is 0 Å². The fourth-order valence-corrected chi connectivity index (χ4v) is 4.20. The summed E-state index contributed by atoms with van der Waals surface area (Å²) >= 11 is 0. The number of hydrogen-bond donors (Lipinski definition) is 0. The van der Waals surface area contributed by atoms with Crippen LogP contribution in [0.1, 0.15) is 52.4 Å². The highest BCUT2D eigenvalue weighted by molar-refractivity contribution is 5.79. The van der Waals surface area contributed by atoms with Gasteiger partial charge in [-0.25, -0.2) is 0 Å². The van der Waals surface area contributed by atoms with Gasteiger partial charge in [-0.1, -0.05) is 0 Å². The van der Waals surface area contributed by atoms with E-state index in [1.807, 2.05) is 23.1 Å². The van der Waals surface area contributed by atoms with Crippen molar-refractivity contribution in [2.45, 2.75) is 71.0 Å². The number of nitrogens with zero attached hydrogens (tertiary/aromatic N) is 4. The van der Waals surface area contributed by atoms with Crippen LogP contribution < -0.4 is 0 Å². The largest absolute Gasteiger partial charge is 0.339 e. The number of carbonyl (C=O) groups is 1. The van der Waals surface area contributed by atoms with E-state index in [2.05, 4.69) is 28.7 Å².